The van der Waals surface area contributed by atoms with Crippen molar-refractivity contribution in [2.24, 2.45) is 5.10 Å². The molecule has 0 spiro atoms. The summed E-state index contributed by atoms with van der Waals surface area (Å²) < 4.78 is 23.3. The molecule has 0 saturated carbocycles. The fourth-order valence-electron chi connectivity index (χ4n) is 3.06. The van der Waals surface area contributed by atoms with E-state index in [1.54, 1.807) is 24.4 Å². The van der Waals surface area contributed by atoms with Crippen molar-refractivity contribution in [3.05, 3.63) is 80.9 Å². The van der Waals surface area contributed by atoms with E-state index in [-0.39, 0.29) is 12.7 Å². The normalized spacial score (nSPS) is 12.1. The van der Waals surface area contributed by atoms with Crippen molar-refractivity contribution in [1.82, 2.24) is 5.43 Å². The van der Waals surface area contributed by atoms with E-state index < -0.39 is 0 Å². The molecular weight excluding hydrogens is 523 g/mol. The number of hydrogen-bond donors (Lipinski definition) is 1. The van der Waals surface area contributed by atoms with Gasteiger partial charge in [-0.1, -0.05) is 30.3 Å². The Labute approximate surface area is 199 Å². The lowest BCUT2D eigenvalue weighted by Crippen LogP contribution is -2.17. The lowest BCUT2D eigenvalue weighted by Gasteiger charge is -2.14. The minimum Gasteiger partial charge on any atom is -0.490 e. The van der Waals surface area contributed by atoms with Gasteiger partial charge in [0, 0.05) is 5.56 Å². The summed E-state index contributed by atoms with van der Waals surface area (Å²) in [5.41, 5.74) is 4.81. The second-order valence-electron chi connectivity index (χ2n) is 6.80. The highest BCUT2D eigenvalue weighted by Crippen LogP contribution is 2.35. The summed E-state index contributed by atoms with van der Waals surface area (Å²) in [5, 5.41) is 4.08. The summed E-state index contributed by atoms with van der Waals surface area (Å²) in [4.78, 5) is 12.4. The van der Waals surface area contributed by atoms with Crippen molar-refractivity contribution in [2.75, 3.05) is 13.4 Å². The zero-order valence-electron chi connectivity index (χ0n) is 17.3. The Morgan fingerprint density at radius 2 is 1.91 bits per heavy atom. The predicted octanol–water partition coefficient (Wildman–Crippen LogP) is 4.76. The number of fused-ring (bicyclic) bond motifs is 1. The van der Waals surface area contributed by atoms with Gasteiger partial charge in [0.2, 0.25) is 6.79 Å². The molecular formula is C24H21IN2O5. The molecule has 1 heterocycles. The number of benzene rings is 3. The summed E-state index contributed by atoms with van der Waals surface area (Å²) >= 11 is 2.21. The maximum Gasteiger partial charge on any atom is 0.271 e. The van der Waals surface area contributed by atoms with Crippen LogP contribution in [0, 0.1) is 3.57 Å². The smallest absolute Gasteiger partial charge is 0.271 e. The number of amides is 1. The first kappa shape index (κ1) is 21.9. The Morgan fingerprint density at radius 1 is 1.09 bits per heavy atom. The number of rotatable bonds is 8. The first-order chi connectivity index (χ1) is 15.6. The van der Waals surface area contributed by atoms with Gasteiger partial charge in [0.1, 0.15) is 6.61 Å². The summed E-state index contributed by atoms with van der Waals surface area (Å²) in [6.45, 7) is 3.01. The molecule has 1 N–H and O–H groups in total. The van der Waals surface area contributed by atoms with E-state index in [4.69, 9.17) is 18.9 Å². The van der Waals surface area contributed by atoms with Crippen molar-refractivity contribution in [1.29, 1.82) is 0 Å². The van der Waals surface area contributed by atoms with Crippen LogP contribution < -0.4 is 24.4 Å². The minimum atomic E-state index is -0.345. The molecule has 0 radical (unpaired) electrons. The highest BCUT2D eigenvalue weighted by Gasteiger charge is 2.16. The van der Waals surface area contributed by atoms with E-state index >= 15 is 0 Å². The van der Waals surface area contributed by atoms with E-state index in [2.05, 4.69) is 33.1 Å². The van der Waals surface area contributed by atoms with E-state index in [9.17, 15) is 4.79 Å². The van der Waals surface area contributed by atoms with Crippen LogP contribution >= 0.6 is 22.6 Å². The largest absolute Gasteiger partial charge is 0.490 e. The SMILES string of the molecule is CCOc1cc(/C=N/NC(=O)c2ccc3c(c2)OCO3)cc(I)c1OCc1ccccc1. The molecule has 0 fully saturated rings. The molecule has 0 saturated heterocycles. The molecule has 1 amide bonds. The average Bonchev–Trinajstić information content (AvgIpc) is 3.27. The number of ether oxygens (including phenoxy) is 4. The molecule has 0 aromatic heterocycles. The molecule has 1 aliphatic rings. The number of nitrogens with one attached hydrogen (secondary N) is 1. The van der Waals surface area contributed by atoms with E-state index in [0.29, 0.717) is 41.8 Å². The van der Waals surface area contributed by atoms with Gasteiger partial charge in [-0.05, 0) is 71.0 Å². The topological polar surface area (TPSA) is 78.4 Å². The van der Waals surface area contributed by atoms with Crippen LogP contribution in [0.3, 0.4) is 0 Å². The van der Waals surface area contributed by atoms with Crippen molar-refractivity contribution < 1.29 is 23.7 Å². The Bertz CT molecular complexity index is 1130. The highest BCUT2D eigenvalue weighted by molar-refractivity contribution is 14.1. The van der Waals surface area contributed by atoms with Crippen LogP contribution in [-0.4, -0.2) is 25.5 Å². The van der Waals surface area contributed by atoms with Gasteiger partial charge in [-0.3, -0.25) is 4.79 Å². The van der Waals surface area contributed by atoms with Gasteiger partial charge in [-0.15, -0.1) is 0 Å². The highest BCUT2D eigenvalue weighted by atomic mass is 127. The average molecular weight is 544 g/mol. The van der Waals surface area contributed by atoms with Gasteiger partial charge in [0.25, 0.3) is 5.91 Å². The summed E-state index contributed by atoms with van der Waals surface area (Å²) in [7, 11) is 0. The van der Waals surface area contributed by atoms with Crippen LogP contribution in [0.4, 0.5) is 0 Å². The van der Waals surface area contributed by atoms with Crippen molar-refractivity contribution in [3.8, 4) is 23.0 Å². The maximum atomic E-state index is 12.4. The molecule has 0 aliphatic carbocycles. The van der Waals surface area contributed by atoms with Crippen LogP contribution in [0.15, 0.2) is 65.8 Å². The van der Waals surface area contributed by atoms with E-state index in [0.717, 1.165) is 14.7 Å². The van der Waals surface area contributed by atoms with Crippen LogP contribution in [0.1, 0.15) is 28.4 Å². The molecule has 8 heteroatoms. The second kappa shape index (κ2) is 10.4. The number of hydrogen-bond acceptors (Lipinski definition) is 6. The van der Waals surface area contributed by atoms with Crippen LogP contribution in [-0.2, 0) is 6.61 Å². The molecule has 0 unspecified atom stereocenters. The monoisotopic (exact) mass is 544 g/mol. The standard InChI is InChI=1S/C24H21IN2O5/c1-2-29-22-11-17(10-19(25)23(22)30-14-16-6-4-3-5-7-16)13-26-27-24(28)18-8-9-20-21(12-18)32-15-31-20/h3-13H,2,14-15H2,1H3,(H,27,28)/b26-13+. The van der Waals surface area contributed by atoms with Gasteiger partial charge in [0.15, 0.2) is 23.0 Å². The lowest BCUT2D eigenvalue weighted by atomic mass is 10.2. The Kier molecular flexibility index (Phi) is 7.10. The van der Waals surface area contributed by atoms with Crippen LogP contribution in [0.5, 0.6) is 23.0 Å². The molecule has 0 atom stereocenters. The quantitative estimate of drug-likeness (QED) is 0.252. The first-order valence-electron chi connectivity index (χ1n) is 10.00. The molecule has 164 valence electrons. The van der Waals surface area contributed by atoms with Crippen molar-refractivity contribution in [3.63, 3.8) is 0 Å². The third-order valence-corrected chi connectivity index (χ3v) is 5.37. The van der Waals surface area contributed by atoms with Crippen LogP contribution in [0.25, 0.3) is 0 Å². The van der Waals surface area contributed by atoms with Gasteiger partial charge < -0.3 is 18.9 Å². The molecule has 1 aliphatic heterocycles. The lowest BCUT2D eigenvalue weighted by molar-refractivity contribution is 0.0954. The third-order valence-electron chi connectivity index (χ3n) is 4.57. The van der Waals surface area contributed by atoms with Gasteiger partial charge >= 0.3 is 0 Å². The zero-order chi connectivity index (χ0) is 22.3. The molecule has 0 bridgehead atoms. The summed E-state index contributed by atoms with van der Waals surface area (Å²) in [6, 6.07) is 18.7. The Hall–Kier alpha value is -3.27. The van der Waals surface area contributed by atoms with Crippen molar-refractivity contribution in [2.45, 2.75) is 13.5 Å². The van der Waals surface area contributed by atoms with Gasteiger partial charge in [-0.2, -0.15) is 5.10 Å². The third kappa shape index (κ3) is 5.31. The molecule has 3 aromatic rings. The first-order valence-corrected chi connectivity index (χ1v) is 11.1. The fraction of sp³-hybridized carbons (Fsp3) is 0.167. The van der Waals surface area contributed by atoms with Gasteiger partial charge in [0.05, 0.1) is 16.4 Å². The van der Waals surface area contributed by atoms with Crippen LogP contribution in [0.2, 0.25) is 0 Å². The van der Waals surface area contributed by atoms with Crippen molar-refractivity contribution >= 4 is 34.7 Å². The Balaban J connectivity index is 1.44. The zero-order valence-corrected chi connectivity index (χ0v) is 19.5. The maximum absolute atomic E-state index is 12.4. The number of carbonyl (C=O) groups excluding carboxylic acids is 1. The number of halogens is 1. The minimum absolute atomic E-state index is 0.157. The van der Waals surface area contributed by atoms with E-state index in [1.165, 1.54) is 0 Å². The number of nitrogens with zero attached hydrogens (tertiary/aromatic N) is 1. The molecule has 32 heavy (non-hydrogen) atoms. The summed E-state index contributed by atoms with van der Waals surface area (Å²) in [5.74, 6) is 2.13. The van der Waals surface area contributed by atoms with Gasteiger partial charge in [-0.25, -0.2) is 5.43 Å². The van der Waals surface area contributed by atoms with E-state index in [1.807, 2.05) is 49.4 Å². The fourth-order valence-corrected chi connectivity index (χ4v) is 3.84. The Morgan fingerprint density at radius 3 is 2.72 bits per heavy atom. The predicted molar refractivity (Wildman–Crippen MR) is 129 cm³/mol. The molecule has 4 rings (SSSR count). The summed E-state index contributed by atoms with van der Waals surface area (Å²) in [6.07, 6.45) is 1.57. The molecule has 7 nitrogen and oxygen atoms in total. The number of hydrazone groups is 1. The molecule has 3 aromatic carbocycles. The second-order valence-corrected chi connectivity index (χ2v) is 7.97. The number of carbonyl (C=O) groups is 1.